The molecule has 1 aliphatic heterocycles. The average molecular weight is 429 g/mol. The van der Waals surface area contributed by atoms with Crippen LogP contribution in [-0.2, 0) is 6.42 Å². The highest BCUT2D eigenvalue weighted by Gasteiger charge is 2.11. The van der Waals surface area contributed by atoms with Crippen LogP contribution in [0.4, 0.5) is 5.69 Å². The highest BCUT2D eigenvalue weighted by molar-refractivity contribution is 5.94. The van der Waals surface area contributed by atoms with E-state index in [1.165, 1.54) is 0 Å². The minimum absolute atomic E-state index is 0.573. The summed E-state index contributed by atoms with van der Waals surface area (Å²) in [6.07, 6.45) is 5.57. The molecule has 2 aromatic rings. The fourth-order valence-electron chi connectivity index (χ4n) is 3.20. The Labute approximate surface area is 185 Å². The van der Waals surface area contributed by atoms with E-state index >= 15 is 0 Å². The minimum atomic E-state index is 0.573. The summed E-state index contributed by atoms with van der Waals surface area (Å²) in [5.74, 6) is 3.29. The van der Waals surface area contributed by atoms with Crippen LogP contribution in [0, 0.1) is 0 Å². The summed E-state index contributed by atoms with van der Waals surface area (Å²) in [5, 5.41) is 6.82. The van der Waals surface area contributed by atoms with E-state index in [0.29, 0.717) is 19.3 Å². The summed E-state index contributed by atoms with van der Waals surface area (Å²) in [6.45, 7) is 8.39. The van der Waals surface area contributed by atoms with Crippen molar-refractivity contribution in [3.63, 3.8) is 0 Å². The maximum absolute atomic E-state index is 5.81. The van der Waals surface area contributed by atoms with Crippen molar-refractivity contribution in [1.29, 1.82) is 0 Å². The van der Waals surface area contributed by atoms with E-state index in [-0.39, 0.29) is 0 Å². The summed E-state index contributed by atoms with van der Waals surface area (Å²) in [7, 11) is 2.17. The quantitative estimate of drug-likeness (QED) is 0.336. The topological polar surface area (TPSA) is 71.3 Å². The van der Waals surface area contributed by atoms with Gasteiger partial charge in [-0.05, 0) is 64.5 Å². The van der Waals surface area contributed by atoms with E-state index in [2.05, 4.69) is 36.4 Å². The first kappa shape index (κ1) is 23.0. The average Bonchev–Trinajstić information content (AvgIpc) is 3.16. The molecule has 7 nitrogen and oxygen atoms in total. The fourth-order valence-corrected chi connectivity index (χ4v) is 3.20. The first-order valence-corrected chi connectivity index (χ1v) is 11.3. The molecule has 2 heterocycles. The van der Waals surface area contributed by atoms with E-state index in [0.717, 1.165) is 74.2 Å². The van der Waals surface area contributed by atoms with E-state index < -0.39 is 0 Å². The number of nitrogens with one attached hydrogen (secondary N) is 2. The molecule has 7 heteroatoms. The molecule has 1 aliphatic rings. The van der Waals surface area contributed by atoms with Crippen molar-refractivity contribution in [2.45, 2.75) is 45.6 Å². The zero-order valence-corrected chi connectivity index (χ0v) is 19.0. The lowest BCUT2D eigenvalue weighted by Gasteiger charge is -2.20. The Kier molecular flexibility index (Phi) is 9.09. The van der Waals surface area contributed by atoms with Crippen molar-refractivity contribution in [3.05, 3.63) is 42.4 Å². The highest BCUT2D eigenvalue weighted by atomic mass is 16.5. The molecule has 0 unspecified atom stereocenters. The van der Waals surface area contributed by atoms with Crippen molar-refractivity contribution in [2.75, 3.05) is 45.2 Å². The number of furan rings is 1. The number of benzene rings is 1. The molecule has 0 bridgehead atoms. The smallest absolute Gasteiger partial charge is 0.195 e. The van der Waals surface area contributed by atoms with Gasteiger partial charge in [0.25, 0.3) is 0 Å². The van der Waals surface area contributed by atoms with Gasteiger partial charge in [0.15, 0.2) is 17.5 Å². The molecule has 0 saturated carbocycles. The van der Waals surface area contributed by atoms with Crippen LogP contribution in [0.2, 0.25) is 0 Å². The van der Waals surface area contributed by atoms with Crippen molar-refractivity contribution in [2.24, 2.45) is 4.99 Å². The summed E-state index contributed by atoms with van der Waals surface area (Å²) in [4.78, 5) is 7.15. The van der Waals surface area contributed by atoms with E-state index in [1.54, 1.807) is 6.26 Å². The Bertz CT molecular complexity index is 805. The third-order valence-corrected chi connectivity index (χ3v) is 5.32. The van der Waals surface area contributed by atoms with E-state index in [4.69, 9.17) is 18.9 Å². The number of nitrogens with zero attached hydrogens (tertiary/aromatic N) is 2. The van der Waals surface area contributed by atoms with Crippen LogP contribution in [0.25, 0.3) is 0 Å². The zero-order chi connectivity index (χ0) is 21.9. The number of anilines is 1. The molecule has 0 radical (unpaired) electrons. The van der Waals surface area contributed by atoms with Crippen molar-refractivity contribution >= 4 is 11.6 Å². The molecule has 31 heavy (non-hydrogen) atoms. The van der Waals surface area contributed by atoms with Gasteiger partial charge in [-0.15, -0.1) is 0 Å². The molecule has 1 aromatic carbocycles. The maximum Gasteiger partial charge on any atom is 0.195 e. The molecule has 1 aromatic heterocycles. The van der Waals surface area contributed by atoms with Crippen LogP contribution < -0.4 is 20.1 Å². The third-order valence-electron chi connectivity index (χ3n) is 5.32. The number of aliphatic imine (C=N–C) groups is 1. The lowest BCUT2D eigenvalue weighted by molar-refractivity contribution is 0.269. The minimum Gasteiger partial charge on any atom is -0.490 e. The Morgan fingerprint density at radius 2 is 1.97 bits per heavy atom. The van der Waals surface area contributed by atoms with Crippen LogP contribution >= 0.6 is 0 Å². The second-order valence-electron chi connectivity index (χ2n) is 8.10. The van der Waals surface area contributed by atoms with Gasteiger partial charge < -0.3 is 29.4 Å². The summed E-state index contributed by atoms with van der Waals surface area (Å²) < 4.78 is 17.0. The Hall–Kier alpha value is -2.67. The number of guanidine groups is 1. The number of hydrogen-bond acceptors (Lipinski definition) is 5. The number of ether oxygens (including phenoxy) is 2. The third kappa shape index (κ3) is 7.83. The largest absolute Gasteiger partial charge is 0.490 e. The predicted molar refractivity (Wildman–Crippen MR) is 125 cm³/mol. The van der Waals surface area contributed by atoms with Gasteiger partial charge in [0.05, 0.1) is 19.5 Å². The van der Waals surface area contributed by atoms with Gasteiger partial charge in [0.1, 0.15) is 5.76 Å². The van der Waals surface area contributed by atoms with Crippen molar-refractivity contribution in [1.82, 2.24) is 10.2 Å². The van der Waals surface area contributed by atoms with Crippen LogP contribution in [-0.4, -0.2) is 56.8 Å². The van der Waals surface area contributed by atoms with Crippen LogP contribution in [0.5, 0.6) is 11.5 Å². The van der Waals surface area contributed by atoms with Gasteiger partial charge in [-0.1, -0.05) is 0 Å². The van der Waals surface area contributed by atoms with E-state index in [1.807, 2.05) is 30.3 Å². The molecule has 0 saturated heterocycles. The number of fused-ring (bicyclic) bond motifs is 1. The second kappa shape index (κ2) is 12.2. The molecule has 0 aliphatic carbocycles. The molecule has 0 amide bonds. The zero-order valence-electron chi connectivity index (χ0n) is 19.0. The maximum atomic E-state index is 5.81. The van der Waals surface area contributed by atoms with E-state index in [9.17, 15) is 0 Å². The fraction of sp³-hybridized carbons (Fsp3) is 0.542. The molecule has 2 N–H and O–H groups in total. The van der Waals surface area contributed by atoms with Crippen LogP contribution in [0.3, 0.4) is 0 Å². The normalized spacial score (nSPS) is 14.0. The molecule has 0 spiro atoms. The number of hydrogen-bond donors (Lipinski definition) is 2. The first-order valence-electron chi connectivity index (χ1n) is 11.3. The van der Waals surface area contributed by atoms with Gasteiger partial charge in [-0.25, -0.2) is 0 Å². The highest BCUT2D eigenvalue weighted by Crippen LogP contribution is 2.32. The van der Waals surface area contributed by atoms with Gasteiger partial charge in [-0.2, -0.15) is 0 Å². The summed E-state index contributed by atoms with van der Waals surface area (Å²) in [6, 6.07) is 10.4. The molecule has 0 atom stereocenters. The lowest BCUT2D eigenvalue weighted by Crippen LogP contribution is -2.32. The SMILES string of the molecule is CC(C)N(C)CCCCN=C(NCCc1ccco1)Nc1ccc2c(c1)OCCCO2. The van der Waals surface area contributed by atoms with Crippen molar-refractivity contribution < 1.29 is 13.9 Å². The Morgan fingerprint density at radius 1 is 1.13 bits per heavy atom. The Morgan fingerprint density at radius 3 is 2.74 bits per heavy atom. The molecular formula is C24H36N4O3. The second-order valence-corrected chi connectivity index (χ2v) is 8.10. The van der Waals surface area contributed by atoms with Gasteiger partial charge >= 0.3 is 0 Å². The van der Waals surface area contributed by atoms with Crippen molar-refractivity contribution in [3.8, 4) is 11.5 Å². The molecule has 170 valence electrons. The predicted octanol–water partition coefficient (Wildman–Crippen LogP) is 4.16. The van der Waals surface area contributed by atoms with Crippen LogP contribution in [0.15, 0.2) is 46.0 Å². The molecule has 0 fully saturated rings. The molecular weight excluding hydrogens is 392 g/mol. The van der Waals surface area contributed by atoms with Gasteiger partial charge in [0.2, 0.25) is 0 Å². The number of unbranched alkanes of at least 4 members (excludes halogenated alkanes) is 1. The lowest BCUT2D eigenvalue weighted by atomic mass is 10.2. The first-order chi connectivity index (χ1) is 15.1. The summed E-state index contributed by atoms with van der Waals surface area (Å²) >= 11 is 0. The van der Waals surface area contributed by atoms with Gasteiger partial charge in [0, 0.05) is 43.7 Å². The molecule has 3 rings (SSSR count). The standard InChI is InChI=1S/C24H36N4O3/c1-19(2)28(3)14-5-4-12-25-24(26-13-11-21-8-6-15-29-21)27-20-9-10-22-23(18-20)31-17-7-16-30-22/h6,8-10,15,18-19H,4-5,7,11-14,16-17H2,1-3H3,(H2,25,26,27). The monoisotopic (exact) mass is 428 g/mol. The number of rotatable bonds is 10. The summed E-state index contributed by atoms with van der Waals surface area (Å²) in [5.41, 5.74) is 0.924. The van der Waals surface area contributed by atoms with Gasteiger partial charge in [-0.3, -0.25) is 4.99 Å². The Balaban J connectivity index is 1.57. The van der Waals surface area contributed by atoms with Crippen LogP contribution in [0.1, 0.15) is 38.9 Å².